The second-order valence-electron chi connectivity index (χ2n) is 8.54. The fourth-order valence-electron chi connectivity index (χ4n) is 3.53. The van der Waals surface area contributed by atoms with E-state index in [9.17, 15) is 4.79 Å². The van der Waals surface area contributed by atoms with E-state index in [0.29, 0.717) is 29.6 Å². The molecule has 0 spiro atoms. The van der Waals surface area contributed by atoms with Crippen molar-refractivity contribution in [2.75, 3.05) is 19.0 Å². The van der Waals surface area contributed by atoms with E-state index >= 15 is 0 Å². The Morgan fingerprint density at radius 3 is 2.23 bits per heavy atom. The SMILES string of the molecule is C=C(Nc1ccc(C(=O)O)cn1)c1cc(OC(C)COC)cc(OC(C)Cc2ccc(C)cc2)c1. The monoisotopic (exact) mass is 476 g/mol. The normalized spacial score (nSPS) is 12.5. The van der Waals surface area contributed by atoms with Crippen LogP contribution in [0.2, 0.25) is 0 Å². The van der Waals surface area contributed by atoms with Gasteiger partial charge in [0.15, 0.2) is 0 Å². The first-order valence-corrected chi connectivity index (χ1v) is 11.4. The quantitative estimate of drug-likeness (QED) is 0.352. The molecule has 0 aliphatic heterocycles. The lowest BCUT2D eigenvalue weighted by Gasteiger charge is -2.20. The third-order valence-corrected chi connectivity index (χ3v) is 5.24. The lowest BCUT2D eigenvalue weighted by molar-refractivity contribution is 0.0696. The maximum absolute atomic E-state index is 11.1. The van der Waals surface area contributed by atoms with E-state index in [1.165, 1.54) is 23.4 Å². The number of benzene rings is 2. The number of carbonyl (C=O) groups is 1. The predicted octanol–water partition coefficient (Wildman–Crippen LogP) is 5.59. The maximum atomic E-state index is 11.1. The topological polar surface area (TPSA) is 89.9 Å². The van der Waals surface area contributed by atoms with Crippen LogP contribution in [0.4, 0.5) is 5.82 Å². The second kappa shape index (κ2) is 12.0. The summed E-state index contributed by atoms with van der Waals surface area (Å²) in [5, 5.41) is 12.2. The van der Waals surface area contributed by atoms with E-state index < -0.39 is 5.97 Å². The summed E-state index contributed by atoms with van der Waals surface area (Å²) in [6.07, 6.45) is 1.84. The van der Waals surface area contributed by atoms with E-state index in [-0.39, 0.29) is 17.8 Å². The molecule has 184 valence electrons. The first-order chi connectivity index (χ1) is 16.7. The summed E-state index contributed by atoms with van der Waals surface area (Å²) in [4.78, 5) is 15.2. The van der Waals surface area contributed by atoms with Crippen molar-refractivity contribution in [2.24, 2.45) is 0 Å². The highest BCUT2D eigenvalue weighted by Gasteiger charge is 2.13. The molecule has 1 aromatic heterocycles. The Bertz CT molecular complexity index is 1140. The molecule has 0 radical (unpaired) electrons. The number of carboxylic acids is 1. The van der Waals surface area contributed by atoms with Crippen molar-refractivity contribution in [3.63, 3.8) is 0 Å². The van der Waals surface area contributed by atoms with Crippen molar-refractivity contribution in [1.82, 2.24) is 4.98 Å². The molecule has 7 heteroatoms. The minimum absolute atomic E-state index is 0.0661. The fraction of sp³-hybridized carbons (Fsp3) is 0.286. The van der Waals surface area contributed by atoms with Gasteiger partial charge < -0.3 is 24.6 Å². The van der Waals surface area contributed by atoms with Crippen molar-refractivity contribution in [3.05, 3.63) is 89.6 Å². The largest absolute Gasteiger partial charge is 0.490 e. The molecule has 1 heterocycles. The van der Waals surface area contributed by atoms with E-state index in [2.05, 4.69) is 48.1 Å². The van der Waals surface area contributed by atoms with Crippen molar-refractivity contribution in [3.8, 4) is 11.5 Å². The van der Waals surface area contributed by atoms with Crippen LogP contribution in [0.25, 0.3) is 5.70 Å². The fourth-order valence-corrected chi connectivity index (χ4v) is 3.53. The van der Waals surface area contributed by atoms with E-state index in [1.807, 2.05) is 32.0 Å². The first-order valence-electron chi connectivity index (χ1n) is 11.4. The summed E-state index contributed by atoms with van der Waals surface area (Å²) in [6.45, 7) is 10.6. The first kappa shape index (κ1) is 25.8. The third-order valence-electron chi connectivity index (χ3n) is 5.24. The molecule has 3 rings (SSSR count). The predicted molar refractivity (Wildman–Crippen MR) is 137 cm³/mol. The number of carboxylic acid groups (broad SMARTS) is 1. The summed E-state index contributed by atoms with van der Waals surface area (Å²) in [5.74, 6) is 0.731. The highest BCUT2D eigenvalue weighted by atomic mass is 16.5. The molecule has 0 aliphatic rings. The number of aromatic nitrogens is 1. The molecule has 0 aliphatic carbocycles. The molecule has 7 nitrogen and oxygen atoms in total. The number of hydrogen-bond donors (Lipinski definition) is 2. The van der Waals surface area contributed by atoms with Crippen LogP contribution < -0.4 is 14.8 Å². The number of ether oxygens (including phenoxy) is 3. The Morgan fingerprint density at radius 1 is 1.00 bits per heavy atom. The Morgan fingerprint density at radius 2 is 1.66 bits per heavy atom. The summed E-state index contributed by atoms with van der Waals surface area (Å²) in [6, 6.07) is 17.1. The Kier molecular flexibility index (Phi) is 8.86. The molecule has 35 heavy (non-hydrogen) atoms. The van der Waals surface area contributed by atoms with Gasteiger partial charge in [-0.25, -0.2) is 9.78 Å². The van der Waals surface area contributed by atoms with Gasteiger partial charge in [-0.05, 0) is 50.6 Å². The molecule has 3 aromatic rings. The molecule has 0 fully saturated rings. The van der Waals surface area contributed by atoms with Crippen LogP contribution >= 0.6 is 0 Å². The van der Waals surface area contributed by atoms with Gasteiger partial charge in [-0.15, -0.1) is 0 Å². The molecular weight excluding hydrogens is 444 g/mol. The van der Waals surface area contributed by atoms with Crippen molar-refractivity contribution in [2.45, 2.75) is 39.4 Å². The Balaban J connectivity index is 1.79. The highest BCUT2D eigenvalue weighted by molar-refractivity contribution is 5.87. The van der Waals surface area contributed by atoms with Gasteiger partial charge in [0, 0.05) is 37.1 Å². The second-order valence-corrected chi connectivity index (χ2v) is 8.54. The Labute approximate surface area is 206 Å². The van der Waals surface area contributed by atoms with Gasteiger partial charge in [0.2, 0.25) is 0 Å². The zero-order valence-corrected chi connectivity index (χ0v) is 20.6. The van der Waals surface area contributed by atoms with Crippen LogP contribution in [-0.2, 0) is 11.2 Å². The molecular formula is C28H32N2O5. The van der Waals surface area contributed by atoms with Gasteiger partial charge in [0.05, 0.1) is 18.3 Å². The van der Waals surface area contributed by atoms with Gasteiger partial charge in [0.1, 0.15) is 23.4 Å². The van der Waals surface area contributed by atoms with Crippen LogP contribution in [0.3, 0.4) is 0 Å². The van der Waals surface area contributed by atoms with E-state index in [1.54, 1.807) is 13.2 Å². The average molecular weight is 477 g/mol. The number of anilines is 1. The van der Waals surface area contributed by atoms with Crippen LogP contribution in [-0.4, -0.2) is 42.0 Å². The van der Waals surface area contributed by atoms with Crippen LogP contribution in [0.1, 0.15) is 40.9 Å². The number of nitrogens with one attached hydrogen (secondary N) is 1. The minimum Gasteiger partial charge on any atom is -0.490 e. The smallest absolute Gasteiger partial charge is 0.337 e. The van der Waals surface area contributed by atoms with Gasteiger partial charge >= 0.3 is 5.97 Å². The van der Waals surface area contributed by atoms with Crippen molar-refractivity contribution >= 4 is 17.5 Å². The van der Waals surface area contributed by atoms with Gasteiger partial charge in [-0.2, -0.15) is 0 Å². The zero-order chi connectivity index (χ0) is 25.4. The number of aryl methyl sites for hydroxylation is 1. The molecule has 0 bridgehead atoms. The molecule has 0 amide bonds. The van der Waals surface area contributed by atoms with Gasteiger partial charge in [0.25, 0.3) is 0 Å². The summed E-state index contributed by atoms with van der Waals surface area (Å²) >= 11 is 0. The number of rotatable bonds is 12. The number of hydrogen-bond acceptors (Lipinski definition) is 6. The van der Waals surface area contributed by atoms with Crippen LogP contribution in [0.5, 0.6) is 11.5 Å². The van der Waals surface area contributed by atoms with Gasteiger partial charge in [-0.1, -0.05) is 36.4 Å². The lowest BCUT2D eigenvalue weighted by atomic mass is 10.1. The van der Waals surface area contributed by atoms with Crippen molar-refractivity contribution in [1.29, 1.82) is 0 Å². The van der Waals surface area contributed by atoms with E-state index in [0.717, 1.165) is 12.0 Å². The maximum Gasteiger partial charge on any atom is 0.337 e. The van der Waals surface area contributed by atoms with Gasteiger partial charge in [-0.3, -0.25) is 0 Å². The van der Waals surface area contributed by atoms with Crippen LogP contribution in [0.15, 0.2) is 67.4 Å². The minimum atomic E-state index is -1.03. The number of pyridine rings is 1. The van der Waals surface area contributed by atoms with Crippen LogP contribution in [0, 0.1) is 6.92 Å². The molecule has 2 atom stereocenters. The number of nitrogens with zero attached hydrogens (tertiary/aromatic N) is 1. The zero-order valence-electron chi connectivity index (χ0n) is 20.6. The van der Waals surface area contributed by atoms with E-state index in [4.69, 9.17) is 19.3 Å². The lowest BCUT2D eigenvalue weighted by Crippen LogP contribution is -2.18. The molecule has 2 N–H and O–H groups in total. The average Bonchev–Trinajstić information content (AvgIpc) is 2.81. The number of aromatic carboxylic acids is 1. The summed E-state index contributed by atoms with van der Waals surface area (Å²) in [5.41, 5.74) is 3.86. The molecule has 2 aromatic carbocycles. The molecule has 2 unspecified atom stereocenters. The third kappa shape index (κ3) is 7.86. The Hall–Kier alpha value is -3.84. The molecule has 0 saturated heterocycles. The standard InChI is InChI=1S/C28H32N2O5/c1-18-6-8-22(9-7-18)12-19(2)34-25-13-24(14-26(15-25)35-20(3)17-33-5)21(4)30-27-11-10-23(16-29-27)28(31)32/h6-11,13-16,19-20H,4,12,17H2,1-3,5H3,(H,29,30)(H,31,32). The van der Waals surface area contributed by atoms with Crippen molar-refractivity contribution < 1.29 is 24.1 Å². The summed E-state index contributed by atoms with van der Waals surface area (Å²) < 4.78 is 17.5. The molecule has 0 saturated carbocycles. The number of methoxy groups -OCH3 is 1. The highest BCUT2D eigenvalue weighted by Crippen LogP contribution is 2.29. The summed E-state index contributed by atoms with van der Waals surface area (Å²) in [7, 11) is 1.63.